The number of fused-ring (bicyclic) bond motifs is 1. The summed E-state index contributed by atoms with van der Waals surface area (Å²) in [6.07, 6.45) is 0.650. The van der Waals surface area contributed by atoms with Gasteiger partial charge in [0, 0.05) is 11.1 Å². The van der Waals surface area contributed by atoms with Crippen LogP contribution < -0.4 is 11.5 Å². The number of ketones is 1. The molecule has 2 aromatic carbocycles. The topological polar surface area (TPSA) is 152 Å². The van der Waals surface area contributed by atoms with Crippen LogP contribution in [0.15, 0.2) is 42.5 Å². The van der Waals surface area contributed by atoms with E-state index in [4.69, 9.17) is 39.4 Å². The Morgan fingerprint density at radius 1 is 0.972 bits per heavy atom. The number of rotatable bonds is 6. The number of carbonyl (C=O) groups is 4. The van der Waals surface area contributed by atoms with E-state index in [0.717, 1.165) is 5.39 Å². The molecule has 0 radical (unpaired) electrons. The van der Waals surface area contributed by atoms with Crippen LogP contribution in [0.25, 0.3) is 10.9 Å². The number of halogens is 3. The molecule has 0 bridgehead atoms. The Kier molecular flexibility index (Phi) is 13.5. The Labute approximate surface area is 226 Å². The van der Waals surface area contributed by atoms with Crippen molar-refractivity contribution in [1.82, 2.24) is 4.98 Å². The van der Waals surface area contributed by atoms with Crippen LogP contribution in [-0.4, -0.2) is 47.5 Å². The largest absolute Gasteiger partial charge is 0.461 e. The maximum atomic E-state index is 11.6. The van der Waals surface area contributed by atoms with E-state index in [2.05, 4.69) is 25.7 Å². The molecule has 0 fully saturated rings. The number of hydrogen-bond donors (Lipinski definition) is 2. The molecule has 12 heteroatoms. The number of aldehydes is 1. The first kappa shape index (κ1) is 30.8. The zero-order valence-electron chi connectivity index (χ0n) is 19.4. The van der Waals surface area contributed by atoms with Crippen LogP contribution in [0.2, 0.25) is 10.0 Å². The Morgan fingerprint density at radius 3 is 2.11 bits per heavy atom. The number of nitrogens with two attached hydrogens (primary N) is 2. The van der Waals surface area contributed by atoms with Gasteiger partial charge >= 0.3 is 11.9 Å². The van der Waals surface area contributed by atoms with Gasteiger partial charge in [0.2, 0.25) is 5.78 Å². The molecule has 0 spiro atoms. The smallest absolute Gasteiger partial charge is 0.375 e. The van der Waals surface area contributed by atoms with Crippen molar-refractivity contribution in [2.24, 2.45) is 0 Å². The average molecular weight is 601 g/mol. The summed E-state index contributed by atoms with van der Waals surface area (Å²) in [6.45, 7) is 3.91. The highest BCUT2D eigenvalue weighted by molar-refractivity contribution is 9.09. The minimum atomic E-state index is -0.769. The maximum Gasteiger partial charge on any atom is 0.375 e. The van der Waals surface area contributed by atoms with Crippen molar-refractivity contribution in [2.45, 2.75) is 13.8 Å². The predicted octanol–water partition coefficient (Wildman–Crippen LogP) is 4.90. The highest BCUT2D eigenvalue weighted by atomic mass is 79.9. The second-order valence-electron chi connectivity index (χ2n) is 6.59. The Hall–Kier alpha value is -3.21. The molecule has 9 nitrogen and oxygen atoms in total. The molecular formula is C24H24BrCl2N3O6. The number of nitrogen functional groups attached to an aromatic ring is 2. The van der Waals surface area contributed by atoms with E-state index in [-0.39, 0.29) is 29.9 Å². The van der Waals surface area contributed by atoms with Gasteiger partial charge < -0.3 is 20.9 Å². The summed E-state index contributed by atoms with van der Waals surface area (Å²) in [7, 11) is 0. The molecule has 3 rings (SSSR count). The second kappa shape index (κ2) is 15.7. The van der Waals surface area contributed by atoms with Gasteiger partial charge in [-0.25, -0.2) is 14.6 Å². The third kappa shape index (κ3) is 9.10. The second-order valence-corrected chi connectivity index (χ2v) is 7.97. The molecule has 1 aromatic heterocycles. The Balaban J connectivity index is 0.000000293. The van der Waals surface area contributed by atoms with E-state index in [1.54, 1.807) is 56.3 Å². The molecule has 1 heterocycles. The van der Waals surface area contributed by atoms with Crippen molar-refractivity contribution >= 4 is 85.4 Å². The Morgan fingerprint density at radius 2 is 1.58 bits per heavy atom. The molecule has 0 unspecified atom stereocenters. The van der Waals surface area contributed by atoms with Gasteiger partial charge in [-0.1, -0.05) is 51.3 Å². The van der Waals surface area contributed by atoms with Crippen LogP contribution in [0.4, 0.5) is 11.4 Å². The van der Waals surface area contributed by atoms with Crippen LogP contribution >= 0.6 is 39.1 Å². The van der Waals surface area contributed by atoms with Gasteiger partial charge in [0.15, 0.2) is 12.0 Å². The van der Waals surface area contributed by atoms with Crippen molar-refractivity contribution in [1.29, 1.82) is 0 Å². The number of ether oxygens (including phenoxy) is 2. The minimum absolute atomic E-state index is 0.0336. The highest BCUT2D eigenvalue weighted by Gasteiger charge is 2.15. The number of carbonyl (C=O) groups excluding carboxylic acids is 4. The molecule has 4 N–H and O–H groups in total. The minimum Gasteiger partial charge on any atom is -0.461 e. The van der Waals surface area contributed by atoms with Gasteiger partial charge in [-0.2, -0.15) is 0 Å². The molecule has 0 saturated heterocycles. The number of Topliss-reactive ketones (excluding diaryl/α,β-unsaturated/α-hetero) is 1. The van der Waals surface area contributed by atoms with Gasteiger partial charge in [0.25, 0.3) is 0 Å². The number of esters is 2. The predicted molar refractivity (Wildman–Crippen MR) is 144 cm³/mol. The average Bonchev–Trinajstić information content (AvgIpc) is 2.85. The van der Waals surface area contributed by atoms with Gasteiger partial charge in [-0.3, -0.25) is 9.59 Å². The van der Waals surface area contributed by atoms with Gasteiger partial charge in [0.1, 0.15) is 0 Å². The summed E-state index contributed by atoms with van der Waals surface area (Å²) in [5, 5.41) is 1.71. The third-order valence-electron chi connectivity index (χ3n) is 4.13. The number of anilines is 2. The van der Waals surface area contributed by atoms with Gasteiger partial charge in [0.05, 0.1) is 45.4 Å². The molecular weight excluding hydrogens is 577 g/mol. The first-order valence-corrected chi connectivity index (χ1v) is 12.3. The number of benzene rings is 2. The van der Waals surface area contributed by atoms with E-state index >= 15 is 0 Å². The lowest BCUT2D eigenvalue weighted by Crippen LogP contribution is -2.17. The van der Waals surface area contributed by atoms with E-state index in [9.17, 15) is 19.2 Å². The Bertz CT molecular complexity index is 1220. The fraction of sp³-hybridized carbons (Fsp3) is 0.208. The standard InChI is InChI=1S/C12H11ClN2O2.C7H6ClNO.C5H7BrO3/c1-2-17-12(16)11-9(14)6-7-8(13)4-3-5-10(7)15-11;8-6-2-1-3-7(9)5(6)4-10;1-2-9-5(8)4(7)3-6/h3-6H,2,14H2,1H3;1-4H,9H2;2-3H2,1H3. The molecule has 192 valence electrons. The monoisotopic (exact) mass is 599 g/mol. The number of nitrogens with zero attached hydrogens (tertiary/aromatic N) is 1. The summed E-state index contributed by atoms with van der Waals surface area (Å²) >= 11 is 14.5. The fourth-order valence-corrected chi connectivity index (χ4v) is 3.16. The van der Waals surface area contributed by atoms with Crippen molar-refractivity contribution in [3.8, 4) is 0 Å². The van der Waals surface area contributed by atoms with E-state index < -0.39 is 17.7 Å². The van der Waals surface area contributed by atoms with E-state index in [0.29, 0.717) is 33.1 Å². The van der Waals surface area contributed by atoms with Crippen LogP contribution in [0.3, 0.4) is 0 Å². The van der Waals surface area contributed by atoms with Crippen molar-refractivity contribution in [3.05, 3.63) is 63.8 Å². The lowest BCUT2D eigenvalue weighted by molar-refractivity contribution is -0.152. The molecule has 0 aliphatic rings. The van der Waals surface area contributed by atoms with Crippen molar-refractivity contribution < 1.29 is 28.7 Å². The lowest BCUT2D eigenvalue weighted by Gasteiger charge is -2.07. The van der Waals surface area contributed by atoms with Crippen LogP contribution in [-0.2, 0) is 19.1 Å². The SMILES string of the molecule is CCOC(=O)C(=O)CBr.CCOC(=O)c1nc2cccc(Cl)c2cc1N.Nc1cccc(Cl)c1C=O. The summed E-state index contributed by atoms with van der Waals surface area (Å²) in [4.78, 5) is 46.8. The van der Waals surface area contributed by atoms with Crippen LogP contribution in [0.1, 0.15) is 34.7 Å². The molecule has 0 atom stereocenters. The third-order valence-corrected chi connectivity index (χ3v) is 5.30. The zero-order valence-corrected chi connectivity index (χ0v) is 22.5. The quantitative estimate of drug-likeness (QED) is 0.132. The van der Waals surface area contributed by atoms with Crippen molar-refractivity contribution in [3.63, 3.8) is 0 Å². The van der Waals surface area contributed by atoms with Crippen molar-refractivity contribution in [2.75, 3.05) is 30.0 Å². The number of alkyl halides is 1. The summed E-state index contributed by atoms with van der Waals surface area (Å²) in [6, 6.07) is 11.9. The van der Waals surface area contributed by atoms with Gasteiger partial charge in [-0.15, -0.1) is 0 Å². The number of hydrogen-bond acceptors (Lipinski definition) is 9. The van der Waals surface area contributed by atoms with Gasteiger partial charge in [-0.05, 0) is 44.2 Å². The zero-order chi connectivity index (χ0) is 27.3. The molecule has 0 aliphatic carbocycles. The molecule has 0 aliphatic heterocycles. The molecule has 3 aromatic rings. The molecule has 0 amide bonds. The first-order chi connectivity index (χ1) is 17.1. The fourth-order valence-electron chi connectivity index (χ4n) is 2.48. The normalized spacial score (nSPS) is 9.69. The van der Waals surface area contributed by atoms with E-state index in [1.165, 1.54) is 0 Å². The molecule has 36 heavy (non-hydrogen) atoms. The summed E-state index contributed by atoms with van der Waals surface area (Å²) in [5.41, 5.74) is 13.0. The summed E-state index contributed by atoms with van der Waals surface area (Å²) < 4.78 is 9.25. The maximum absolute atomic E-state index is 11.6. The summed E-state index contributed by atoms with van der Waals surface area (Å²) in [5.74, 6) is -1.84. The number of aromatic nitrogens is 1. The highest BCUT2D eigenvalue weighted by Crippen LogP contribution is 2.25. The lowest BCUT2D eigenvalue weighted by atomic mass is 10.2. The van der Waals surface area contributed by atoms with Crippen LogP contribution in [0.5, 0.6) is 0 Å². The number of pyridine rings is 1. The van der Waals surface area contributed by atoms with E-state index in [1.807, 2.05) is 0 Å². The molecule has 0 saturated carbocycles. The first-order valence-electron chi connectivity index (χ1n) is 10.4. The van der Waals surface area contributed by atoms with Crippen LogP contribution in [0, 0.1) is 0 Å².